The Morgan fingerprint density at radius 1 is 0.976 bits per heavy atom. The zero-order valence-corrected chi connectivity index (χ0v) is 26.3. The number of benzene rings is 2. The van der Waals surface area contributed by atoms with Crippen molar-refractivity contribution in [3.05, 3.63) is 76.1 Å². The molecule has 1 heterocycles. The van der Waals surface area contributed by atoms with Crippen LogP contribution in [0.25, 0.3) is 10.9 Å². The van der Waals surface area contributed by atoms with E-state index in [0.29, 0.717) is 31.0 Å². The summed E-state index contributed by atoms with van der Waals surface area (Å²) in [6.45, 7) is 10.6. The molecule has 11 heteroatoms. The first kappa shape index (κ1) is 32.5. The fourth-order valence-electron chi connectivity index (χ4n) is 4.88. The molecule has 0 fully saturated rings. The molecule has 41 heavy (non-hydrogen) atoms. The zero-order valence-electron chi connectivity index (χ0n) is 24.3. The van der Waals surface area contributed by atoms with Gasteiger partial charge in [0.15, 0.2) is 0 Å². The van der Waals surface area contributed by atoms with Gasteiger partial charge >= 0.3 is 6.09 Å². The highest BCUT2D eigenvalue weighted by Gasteiger charge is 2.40. The second-order valence-electron chi connectivity index (χ2n) is 10.4. The summed E-state index contributed by atoms with van der Waals surface area (Å²) < 4.78 is 18.5. The van der Waals surface area contributed by atoms with Crippen molar-refractivity contribution < 1.29 is 23.5 Å². The van der Waals surface area contributed by atoms with E-state index in [1.165, 1.54) is 0 Å². The molecule has 9 nitrogen and oxygen atoms in total. The van der Waals surface area contributed by atoms with E-state index in [2.05, 4.69) is 35.5 Å². The van der Waals surface area contributed by atoms with Crippen LogP contribution in [0.15, 0.2) is 59.4 Å². The molecule has 4 N–H and O–H groups in total. The van der Waals surface area contributed by atoms with Gasteiger partial charge < -0.3 is 34.3 Å². The Kier molecular flexibility index (Phi) is 13.1. The number of carboxylic acid groups (broad SMARTS) is 1. The van der Waals surface area contributed by atoms with Crippen molar-refractivity contribution in [2.75, 3.05) is 19.6 Å². The molecule has 0 saturated heterocycles. The van der Waals surface area contributed by atoms with Crippen LogP contribution in [0.3, 0.4) is 0 Å². The third-order valence-electron chi connectivity index (χ3n) is 7.11. The highest BCUT2D eigenvalue weighted by atomic mass is 28.2. The van der Waals surface area contributed by atoms with E-state index in [1.54, 1.807) is 6.07 Å². The summed E-state index contributed by atoms with van der Waals surface area (Å²) >= 11 is 0. The lowest BCUT2D eigenvalue weighted by Crippen LogP contribution is -2.44. The van der Waals surface area contributed by atoms with Crippen molar-refractivity contribution in [1.82, 2.24) is 15.6 Å². The molecule has 0 aliphatic carbocycles. The number of aromatic nitrogens is 1. The average Bonchev–Trinajstić information content (AvgIpc) is 2.95. The molecule has 0 aliphatic rings. The van der Waals surface area contributed by atoms with Gasteiger partial charge in [-0.1, -0.05) is 56.7 Å². The summed E-state index contributed by atoms with van der Waals surface area (Å²) in [6.07, 6.45) is 1.25. The monoisotopic (exact) mass is 595 g/mol. The van der Waals surface area contributed by atoms with Crippen molar-refractivity contribution in [3.8, 4) is 5.75 Å². The zero-order chi connectivity index (χ0) is 29.7. The molecule has 0 aliphatic heterocycles. The highest BCUT2D eigenvalue weighted by Crippen LogP contribution is 2.43. The summed E-state index contributed by atoms with van der Waals surface area (Å²) in [5, 5.41) is 15.7. The Labute approximate surface area is 247 Å². The van der Waals surface area contributed by atoms with Crippen LogP contribution >= 0.6 is 0 Å². The molecular formula is C30H41N3O6Si2. The molecule has 3 rings (SSSR count). The van der Waals surface area contributed by atoms with Gasteiger partial charge in [0.2, 0.25) is 25.1 Å². The molecule has 0 saturated carbocycles. The smallest absolute Gasteiger partial charge is 0.404 e. The number of aromatic amines is 1. The topological polar surface area (TPSA) is 122 Å². The highest BCUT2D eigenvalue weighted by molar-refractivity contribution is 6.26. The minimum Gasteiger partial charge on any atom is -0.487 e. The lowest BCUT2D eigenvalue weighted by Gasteiger charge is -2.41. The van der Waals surface area contributed by atoms with Crippen molar-refractivity contribution in [2.24, 2.45) is 5.41 Å². The fraction of sp³-hybridized carbons (Fsp3) is 0.467. The van der Waals surface area contributed by atoms with Crippen molar-refractivity contribution in [2.45, 2.75) is 65.0 Å². The normalized spacial score (nSPS) is 12.5. The number of rotatable bonds is 18. The molecule has 4 radical (unpaired) electrons. The predicted molar refractivity (Wildman–Crippen MR) is 164 cm³/mol. The quantitative estimate of drug-likeness (QED) is 0.0934. The van der Waals surface area contributed by atoms with E-state index in [9.17, 15) is 9.59 Å². The number of carbonyl (C=O) groups is 1. The summed E-state index contributed by atoms with van der Waals surface area (Å²) in [7, 11) is 0.558. The van der Waals surface area contributed by atoms with Crippen LogP contribution in [0.2, 0.25) is 13.1 Å². The van der Waals surface area contributed by atoms with Gasteiger partial charge in [0, 0.05) is 35.9 Å². The number of fused-ring (bicyclic) bond motifs is 1. The summed E-state index contributed by atoms with van der Waals surface area (Å²) in [5.41, 5.74) is 2.19. The standard InChI is InChI=1S/C30H41N3O6Si2/c1-30(2,28(38-40-3)39-41-4)24(19-31-17-9-6-10-18-32-29(35)36)22-13-15-25(27-23(22)14-16-26(34)33-27)37-20-21-11-7-5-8-12-21/h5,7-8,11-16,24,28,31-32H,6,9-10,17-20H2,1-4H3,(H,33,34)(H,35,36)/t24-/m1/s1. The van der Waals surface area contributed by atoms with Gasteiger partial charge in [-0.25, -0.2) is 4.79 Å². The second-order valence-corrected chi connectivity index (χ2v) is 11.7. The maximum absolute atomic E-state index is 12.4. The first-order chi connectivity index (χ1) is 19.8. The van der Waals surface area contributed by atoms with Crippen LogP contribution in [-0.2, 0) is 15.5 Å². The number of H-pyrrole nitrogens is 1. The lowest BCUT2D eigenvalue weighted by atomic mass is 9.73. The van der Waals surface area contributed by atoms with Crippen molar-refractivity contribution in [3.63, 3.8) is 0 Å². The van der Waals surface area contributed by atoms with Crippen LogP contribution in [0.1, 0.15) is 50.2 Å². The molecule has 0 spiro atoms. The average molecular weight is 596 g/mol. The molecule has 2 aromatic carbocycles. The molecule has 1 aromatic heterocycles. The number of nitrogens with one attached hydrogen (secondary N) is 3. The first-order valence-corrected chi connectivity index (χ1v) is 16.7. The molecule has 0 unspecified atom stereocenters. The molecule has 1 amide bonds. The third kappa shape index (κ3) is 9.54. The number of pyridine rings is 1. The number of amides is 1. The molecular weight excluding hydrogens is 555 g/mol. The molecule has 1 atom stereocenters. The van der Waals surface area contributed by atoms with Gasteiger partial charge in [0.25, 0.3) is 0 Å². The largest absolute Gasteiger partial charge is 0.487 e. The minimum absolute atomic E-state index is 0.0227. The number of unbranched alkanes of at least 4 members (excludes halogenated alkanes) is 2. The predicted octanol–water partition coefficient (Wildman–Crippen LogP) is 4.94. The SMILES string of the molecule is C[Si]OC(O[Si]C)C(C)(C)[C@H](CNCCCCCNC(=O)O)c1ccc(OCc2ccccc2)c2[nH]c(=O)ccc12. The summed E-state index contributed by atoms with van der Waals surface area (Å²) in [5.74, 6) is 0.601. The van der Waals surface area contributed by atoms with E-state index in [-0.39, 0.29) is 31.0 Å². The van der Waals surface area contributed by atoms with E-state index in [4.69, 9.17) is 18.7 Å². The number of ether oxygens (including phenoxy) is 1. The van der Waals surface area contributed by atoms with Crippen LogP contribution in [0.5, 0.6) is 5.75 Å². The maximum atomic E-state index is 12.4. The van der Waals surface area contributed by atoms with Crippen LogP contribution < -0.4 is 20.9 Å². The van der Waals surface area contributed by atoms with Crippen LogP contribution in [-0.4, -0.2) is 61.6 Å². The number of hydrogen-bond donors (Lipinski definition) is 4. The third-order valence-corrected chi connectivity index (χ3v) is 8.01. The molecule has 220 valence electrons. The lowest BCUT2D eigenvalue weighted by molar-refractivity contribution is -0.0900. The van der Waals surface area contributed by atoms with Crippen LogP contribution in [0, 0.1) is 5.41 Å². The van der Waals surface area contributed by atoms with Gasteiger partial charge in [0.05, 0.1) is 5.52 Å². The molecule has 3 aromatic rings. The van der Waals surface area contributed by atoms with E-state index >= 15 is 0 Å². The van der Waals surface area contributed by atoms with E-state index in [0.717, 1.165) is 42.3 Å². The van der Waals surface area contributed by atoms with Crippen LogP contribution in [0.4, 0.5) is 4.79 Å². The van der Waals surface area contributed by atoms with Gasteiger partial charge in [-0.2, -0.15) is 0 Å². The Morgan fingerprint density at radius 2 is 1.68 bits per heavy atom. The summed E-state index contributed by atoms with van der Waals surface area (Å²) in [6, 6.07) is 17.4. The Morgan fingerprint density at radius 3 is 2.37 bits per heavy atom. The van der Waals surface area contributed by atoms with Gasteiger partial charge in [0.1, 0.15) is 18.6 Å². The van der Waals surface area contributed by atoms with Gasteiger partial charge in [-0.05, 0) is 55.7 Å². The Hall–Kier alpha value is -2.97. The van der Waals surface area contributed by atoms with E-state index < -0.39 is 17.8 Å². The minimum atomic E-state index is -0.988. The van der Waals surface area contributed by atoms with Crippen molar-refractivity contribution in [1.29, 1.82) is 0 Å². The van der Waals surface area contributed by atoms with Gasteiger partial charge in [-0.3, -0.25) is 4.79 Å². The Balaban J connectivity index is 1.89. The van der Waals surface area contributed by atoms with Gasteiger partial charge in [-0.15, -0.1) is 0 Å². The second kappa shape index (κ2) is 16.5. The van der Waals surface area contributed by atoms with Crippen molar-refractivity contribution >= 4 is 36.5 Å². The van der Waals surface area contributed by atoms with E-state index in [1.807, 2.05) is 55.6 Å². The number of hydrogen-bond acceptors (Lipinski definition) is 6. The first-order valence-electron chi connectivity index (χ1n) is 13.9. The maximum Gasteiger partial charge on any atom is 0.404 e. The Bertz CT molecular complexity index is 1280. The summed E-state index contributed by atoms with van der Waals surface area (Å²) in [4.78, 5) is 26.1. The fourth-order valence-corrected chi connectivity index (χ4v) is 6.11. The molecule has 0 bridgehead atoms.